The molecule has 2 heteroatoms. The molecule has 0 spiro atoms. The maximum Gasteiger partial charge on any atom is 0.0218 e. The van der Waals surface area contributed by atoms with Crippen molar-refractivity contribution in [1.82, 2.24) is 10.2 Å². The van der Waals surface area contributed by atoms with E-state index in [0.717, 1.165) is 12.1 Å². The second-order valence-electron chi connectivity index (χ2n) is 6.44. The maximum atomic E-state index is 3.70. The molecule has 100 valence electrons. The topological polar surface area (TPSA) is 15.3 Å². The molecule has 1 atom stereocenters. The lowest BCUT2D eigenvalue weighted by atomic mass is 9.78. The summed E-state index contributed by atoms with van der Waals surface area (Å²) in [4.78, 5) is 2.73. The van der Waals surface area contributed by atoms with Crippen molar-refractivity contribution >= 4 is 0 Å². The Morgan fingerprint density at radius 2 is 1.88 bits per heavy atom. The Hall–Kier alpha value is -0.0800. The van der Waals surface area contributed by atoms with Gasteiger partial charge in [0.05, 0.1) is 0 Å². The van der Waals surface area contributed by atoms with Gasteiger partial charge in [0.1, 0.15) is 0 Å². The molecule has 0 bridgehead atoms. The summed E-state index contributed by atoms with van der Waals surface area (Å²) < 4.78 is 0. The highest BCUT2D eigenvalue weighted by Crippen LogP contribution is 2.34. The number of rotatable bonds is 6. The smallest absolute Gasteiger partial charge is 0.0218 e. The Morgan fingerprint density at radius 1 is 1.24 bits per heavy atom. The highest BCUT2D eigenvalue weighted by molar-refractivity contribution is 4.87. The second kappa shape index (κ2) is 5.71. The molecule has 1 saturated carbocycles. The second-order valence-corrected chi connectivity index (χ2v) is 6.44. The van der Waals surface area contributed by atoms with Crippen LogP contribution < -0.4 is 5.32 Å². The fourth-order valence-corrected chi connectivity index (χ4v) is 2.90. The van der Waals surface area contributed by atoms with Crippen LogP contribution in [-0.2, 0) is 0 Å². The quantitative estimate of drug-likeness (QED) is 0.765. The van der Waals surface area contributed by atoms with Crippen LogP contribution in [0.5, 0.6) is 0 Å². The van der Waals surface area contributed by atoms with Crippen LogP contribution in [0, 0.1) is 5.41 Å². The third-order valence-electron chi connectivity index (χ3n) is 5.07. The molecule has 0 amide bonds. The number of nitrogens with one attached hydrogen (secondary N) is 1. The first kappa shape index (κ1) is 13.4. The lowest BCUT2D eigenvalue weighted by molar-refractivity contribution is 0.0782. The predicted octanol–water partition coefficient (Wildman–Crippen LogP) is 3.03. The molecule has 2 aliphatic rings. The highest BCUT2D eigenvalue weighted by atomic mass is 15.2. The molecule has 1 aliphatic carbocycles. The summed E-state index contributed by atoms with van der Waals surface area (Å²) in [6.45, 7) is 11.0. The SMILES string of the molecule is CCC(CNC1CC1)N1CCC(C)(CC)CC1. The van der Waals surface area contributed by atoms with Crippen LogP contribution in [0.25, 0.3) is 0 Å². The van der Waals surface area contributed by atoms with Gasteiger partial charge >= 0.3 is 0 Å². The third kappa shape index (κ3) is 3.69. The normalized spacial score (nSPS) is 27.0. The van der Waals surface area contributed by atoms with E-state index in [1.54, 1.807) is 0 Å². The first-order chi connectivity index (χ1) is 8.17. The molecule has 2 rings (SSSR count). The van der Waals surface area contributed by atoms with Crippen molar-refractivity contribution < 1.29 is 0 Å². The average Bonchev–Trinajstić information content (AvgIpc) is 3.16. The van der Waals surface area contributed by atoms with Crippen molar-refractivity contribution in [2.75, 3.05) is 19.6 Å². The average molecular weight is 238 g/mol. The van der Waals surface area contributed by atoms with Gasteiger partial charge < -0.3 is 5.32 Å². The number of nitrogens with zero attached hydrogens (tertiary/aromatic N) is 1. The van der Waals surface area contributed by atoms with E-state index in [4.69, 9.17) is 0 Å². The Labute approximate surface area is 107 Å². The van der Waals surface area contributed by atoms with Crippen molar-refractivity contribution in [1.29, 1.82) is 0 Å². The van der Waals surface area contributed by atoms with Crippen LogP contribution in [0.2, 0.25) is 0 Å². The van der Waals surface area contributed by atoms with Crippen molar-refractivity contribution in [2.45, 2.75) is 71.4 Å². The Kier molecular flexibility index (Phi) is 4.48. The Morgan fingerprint density at radius 3 is 2.35 bits per heavy atom. The molecule has 2 nitrogen and oxygen atoms in total. The molecule has 1 N–H and O–H groups in total. The molecule has 2 fully saturated rings. The van der Waals surface area contributed by atoms with Crippen molar-refractivity contribution in [2.24, 2.45) is 5.41 Å². The van der Waals surface area contributed by atoms with Crippen LogP contribution in [0.1, 0.15) is 59.3 Å². The number of hydrogen-bond donors (Lipinski definition) is 1. The van der Waals surface area contributed by atoms with Crippen LogP contribution in [-0.4, -0.2) is 36.6 Å². The fourth-order valence-electron chi connectivity index (χ4n) is 2.90. The summed E-state index contributed by atoms with van der Waals surface area (Å²) >= 11 is 0. The van der Waals surface area contributed by atoms with Gasteiger partial charge in [-0.25, -0.2) is 0 Å². The van der Waals surface area contributed by atoms with Gasteiger partial charge in [-0.15, -0.1) is 0 Å². The van der Waals surface area contributed by atoms with Gasteiger partial charge in [0, 0.05) is 18.6 Å². The van der Waals surface area contributed by atoms with Crippen molar-refractivity contribution in [3.63, 3.8) is 0 Å². The largest absolute Gasteiger partial charge is 0.312 e. The summed E-state index contributed by atoms with van der Waals surface area (Å²) in [6, 6.07) is 1.63. The van der Waals surface area contributed by atoms with E-state index >= 15 is 0 Å². The summed E-state index contributed by atoms with van der Waals surface area (Å²) in [5.74, 6) is 0. The van der Waals surface area contributed by atoms with Crippen LogP contribution in [0.4, 0.5) is 0 Å². The predicted molar refractivity (Wildman–Crippen MR) is 74.3 cm³/mol. The van der Waals surface area contributed by atoms with Gasteiger partial charge in [0.25, 0.3) is 0 Å². The van der Waals surface area contributed by atoms with Gasteiger partial charge in [-0.05, 0) is 50.6 Å². The van der Waals surface area contributed by atoms with Gasteiger partial charge in [0.2, 0.25) is 0 Å². The van der Waals surface area contributed by atoms with E-state index in [9.17, 15) is 0 Å². The fraction of sp³-hybridized carbons (Fsp3) is 1.00. The zero-order valence-corrected chi connectivity index (χ0v) is 12.0. The molecule has 0 radical (unpaired) electrons. The maximum absolute atomic E-state index is 3.70. The molecule has 1 unspecified atom stereocenters. The lowest BCUT2D eigenvalue weighted by Gasteiger charge is -2.42. The van der Waals surface area contributed by atoms with E-state index in [0.29, 0.717) is 5.41 Å². The molecule has 1 heterocycles. The lowest BCUT2D eigenvalue weighted by Crippen LogP contribution is -2.48. The molecule has 0 aromatic heterocycles. The monoisotopic (exact) mass is 238 g/mol. The van der Waals surface area contributed by atoms with Crippen LogP contribution in [0.15, 0.2) is 0 Å². The Balaban J connectivity index is 1.76. The van der Waals surface area contributed by atoms with Gasteiger partial charge in [-0.2, -0.15) is 0 Å². The molecule has 0 aromatic carbocycles. The first-order valence-electron chi connectivity index (χ1n) is 7.64. The minimum Gasteiger partial charge on any atom is -0.312 e. The Bertz CT molecular complexity index is 227. The number of piperidine rings is 1. The zero-order chi connectivity index (χ0) is 12.3. The van der Waals surface area contributed by atoms with Crippen LogP contribution in [0.3, 0.4) is 0 Å². The van der Waals surface area contributed by atoms with E-state index in [-0.39, 0.29) is 0 Å². The van der Waals surface area contributed by atoms with Crippen LogP contribution >= 0.6 is 0 Å². The molecular weight excluding hydrogens is 208 g/mol. The number of likely N-dealkylation sites (tertiary alicyclic amines) is 1. The summed E-state index contributed by atoms with van der Waals surface area (Å²) in [6.07, 6.45) is 8.24. The first-order valence-corrected chi connectivity index (χ1v) is 7.64. The standard InChI is InChI=1S/C15H30N2/c1-4-14(12-16-13-6-7-13)17-10-8-15(3,5-2)9-11-17/h13-14,16H,4-12H2,1-3H3. The summed E-state index contributed by atoms with van der Waals surface area (Å²) in [5, 5.41) is 3.70. The van der Waals surface area contributed by atoms with Crippen molar-refractivity contribution in [3.8, 4) is 0 Å². The highest BCUT2D eigenvalue weighted by Gasteiger charge is 2.31. The van der Waals surface area contributed by atoms with Gasteiger partial charge in [0.15, 0.2) is 0 Å². The van der Waals surface area contributed by atoms with Gasteiger partial charge in [-0.3, -0.25) is 4.90 Å². The summed E-state index contributed by atoms with van der Waals surface area (Å²) in [7, 11) is 0. The third-order valence-corrected chi connectivity index (χ3v) is 5.07. The molecule has 0 aromatic rings. The van der Waals surface area contributed by atoms with Gasteiger partial charge in [-0.1, -0.05) is 27.2 Å². The minimum absolute atomic E-state index is 0.624. The van der Waals surface area contributed by atoms with E-state index in [2.05, 4.69) is 31.0 Å². The van der Waals surface area contributed by atoms with Crippen molar-refractivity contribution in [3.05, 3.63) is 0 Å². The van der Waals surface area contributed by atoms with E-state index in [1.807, 2.05) is 0 Å². The molecule has 1 aliphatic heterocycles. The zero-order valence-electron chi connectivity index (χ0n) is 12.0. The summed E-state index contributed by atoms with van der Waals surface area (Å²) in [5.41, 5.74) is 0.624. The molecule has 1 saturated heterocycles. The molecular formula is C15H30N2. The van der Waals surface area contributed by atoms with E-state index in [1.165, 1.54) is 58.2 Å². The van der Waals surface area contributed by atoms with E-state index < -0.39 is 0 Å². The number of hydrogen-bond acceptors (Lipinski definition) is 2. The minimum atomic E-state index is 0.624. The molecule has 17 heavy (non-hydrogen) atoms.